The summed E-state index contributed by atoms with van der Waals surface area (Å²) in [6.45, 7) is 2.16. The van der Waals surface area contributed by atoms with Crippen molar-refractivity contribution in [3.8, 4) is 5.75 Å². The summed E-state index contributed by atoms with van der Waals surface area (Å²) in [7, 11) is 0. The molecule has 0 unspecified atom stereocenters. The largest absolute Gasteiger partial charge is 0.492 e. The number of hydrogen-bond donors (Lipinski definition) is 0. The fourth-order valence-electron chi connectivity index (χ4n) is 1.66. The predicted molar refractivity (Wildman–Crippen MR) is 57.9 cm³/mol. The Balaban J connectivity index is 2.71. The highest BCUT2D eigenvalue weighted by atomic mass is 19.4. The molecule has 2 aromatic rings. The van der Waals surface area contributed by atoms with Crippen LogP contribution in [-0.4, -0.2) is 11.6 Å². The molecule has 0 radical (unpaired) electrons. The highest BCUT2D eigenvalue weighted by molar-refractivity contribution is 5.90. The first-order valence-corrected chi connectivity index (χ1v) is 5.11. The average Bonchev–Trinajstić information content (AvgIpc) is 2.28. The molecular weight excluding hydrogens is 231 g/mol. The van der Waals surface area contributed by atoms with Crippen molar-refractivity contribution in [2.24, 2.45) is 0 Å². The van der Waals surface area contributed by atoms with Gasteiger partial charge in [-0.1, -0.05) is 24.3 Å². The minimum atomic E-state index is -4.45. The van der Waals surface area contributed by atoms with E-state index in [1.165, 1.54) is 6.07 Å². The number of hydrogen-bond acceptors (Lipinski definition) is 2. The van der Waals surface area contributed by atoms with Gasteiger partial charge in [0.25, 0.3) is 0 Å². The molecule has 0 N–H and O–H groups in total. The molecule has 0 saturated heterocycles. The van der Waals surface area contributed by atoms with E-state index in [9.17, 15) is 13.2 Å². The highest BCUT2D eigenvalue weighted by Gasteiger charge is 2.34. The molecular formula is C12H10F3NO. The van der Waals surface area contributed by atoms with Crippen LogP contribution in [0, 0.1) is 0 Å². The van der Waals surface area contributed by atoms with Gasteiger partial charge < -0.3 is 4.74 Å². The van der Waals surface area contributed by atoms with E-state index in [1.807, 2.05) is 0 Å². The first kappa shape index (κ1) is 11.7. The third-order valence-electron chi connectivity index (χ3n) is 2.33. The van der Waals surface area contributed by atoms with Gasteiger partial charge in [0.15, 0.2) is 5.69 Å². The van der Waals surface area contributed by atoms with Crippen molar-refractivity contribution >= 4 is 10.8 Å². The van der Waals surface area contributed by atoms with Crippen molar-refractivity contribution < 1.29 is 17.9 Å². The Morgan fingerprint density at radius 2 is 1.82 bits per heavy atom. The minimum Gasteiger partial charge on any atom is -0.492 e. The molecule has 0 aliphatic heterocycles. The Bertz CT molecular complexity index is 537. The first-order chi connectivity index (χ1) is 8.04. The quantitative estimate of drug-likeness (QED) is 0.800. The maximum absolute atomic E-state index is 12.7. The van der Waals surface area contributed by atoms with Gasteiger partial charge in [0.2, 0.25) is 0 Å². The van der Waals surface area contributed by atoms with Crippen molar-refractivity contribution in [2.45, 2.75) is 13.1 Å². The van der Waals surface area contributed by atoms with Crippen LogP contribution in [0.2, 0.25) is 0 Å². The summed E-state index contributed by atoms with van der Waals surface area (Å²) in [4.78, 5) is 3.45. The summed E-state index contributed by atoms with van der Waals surface area (Å²) in [6.07, 6.45) is -3.33. The van der Waals surface area contributed by atoms with Crippen LogP contribution in [0.25, 0.3) is 10.8 Å². The zero-order chi connectivity index (χ0) is 12.5. The van der Waals surface area contributed by atoms with Crippen molar-refractivity contribution in [1.82, 2.24) is 4.98 Å². The Hall–Kier alpha value is -1.78. The van der Waals surface area contributed by atoms with Gasteiger partial charge in [-0.3, -0.25) is 0 Å². The van der Waals surface area contributed by atoms with Crippen molar-refractivity contribution in [3.63, 3.8) is 0 Å². The molecule has 17 heavy (non-hydrogen) atoms. The number of pyridine rings is 1. The van der Waals surface area contributed by atoms with Crippen molar-refractivity contribution in [1.29, 1.82) is 0 Å². The Morgan fingerprint density at radius 1 is 1.18 bits per heavy atom. The van der Waals surface area contributed by atoms with Gasteiger partial charge in [-0.2, -0.15) is 13.2 Å². The normalized spacial score (nSPS) is 11.8. The Kier molecular flexibility index (Phi) is 2.92. The third-order valence-corrected chi connectivity index (χ3v) is 2.33. The lowest BCUT2D eigenvalue weighted by atomic mass is 10.1. The number of fused-ring (bicyclic) bond motifs is 1. The maximum Gasteiger partial charge on any atom is 0.433 e. The molecule has 5 heteroatoms. The molecule has 0 bridgehead atoms. The molecule has 0 saturated carbocycles. The van der Waals surface area contributed by atoms with Gasteiger partial charge in [0, 0.05) is 10.8 Å². The minimum absolute atomic E-state index is 0.0611. The Morgan fingerprint density at radius 3 is 2.41 bits per heavy atom. The second kappa shape index (κ2) is 4.24. The van der Waals surface area contributed by atoms with Gasteiger partial charge >= 0.3 is 6.18 Å². The molecule has 0 spiro atoms. The van der Waals surface area contributed by atoms with E-state index in [4.69, 9.17) is 4.74 Å². The molecule has 2 rings (SSSR count). The maximum atomic E-state index is 12.7. The summed E-state index contributed by atoms with van der Waals surface area (Å²) >= 11 is 0. The molecule has 0 aliphatic rings. The number of halogens is 3. The lowest BCUT2D eigenvalue weighted by Crippen LogP contribution is -2.09. The lowest BCUT2D eigenvalue weighted by molar-refractivity contribution is -0.139. The third kappa shape index (κ3) is 2.18. The topological polar surface area (TPSA) is 22.1 Å². The second-order valence-electron chi connectivity index (χ2n) is 3.45. The predicted octanol–water partition coefficient (Wildman–Crippen LogP) is 3.65. The summed E-state index contributed by atoms with van der Waals surface area (Å²) in [5.74, 6) is 0.371. The van der Waals surface area contributed by atoms with Crippen molar-refractivity contribution in [3.05, 3.63) is 36.2 Å². The van der Waals surface area contributed by atoms with E-state index >= 15 is 0 Å². The van der Waals surface area contributed by atoms with Crippen LogP contribution in [0.4, 0.5) is 13.2 Å². The second-order valence-corrected chi connectivity index (χ2v) is 3.45. The SMILES string of the molecule is CCOc1cnc(C(F)(F)F)c2ccccc12. The molecule has 2 nitrogen and oxygen atoms in total. The van der Waals surface area contributed by atoms with E-state index in [2.05, 4.69) is 4.98 Å². The average molecular weight is 241 g/mol. The number of nitrogens with zero attached hydrogens (tertiary/aromatic N) is 1. The van der Waals surface area contributed by atoms with Crippen LogP contribution in [-0.2, 0) is 6.18 Å². The molecule has 1 heterocycles. The molecule has 0 aliphatic carbocycles. The number of rotatable bonds is 2. The number of alkyl halides is 3. The zero-order valence-corrected chi connectivity index (χ0v) is 9.08. The molecule has 1 aromatic heterocycles. The smallest absolute Gasteiger partial charge is 0.433 e. The van der Waals surface area contributed by atoms with E-state index in [0.717, 1.165) is 6.20 Å². The van der Waals surface area contributed by atoms with E-state index in [-0.39, 0.29) is 5.39 Å². The molecule has 0 amide bonds. The molecule has 0 atom stereocenters. The van der Waals surface area contributed by atoms with Crippen LogP contribution >= 0.6 is 0 Å². The zero-order valence-electron chi connectivity index (χ0n) is 9.08. The summed E-state index contributed by atoms with van der Waals surface area (Å²) in [6, 6.07) is 6.21. The fraction of sp³-hybridized carbons (Fsp3) is 0.250. The summed E-state index contributed by atoms with van der Waals surface area (Å²) in [5.41, 5.74) is -0.878. The molecule has 0 fully saturated rings. The van der Waals surface area contributed by atoms with Gasteiger partial charge in [-0.05, 0) is 6.92 Å². The van der Waals surface area contributed by atoms with Crippen LogP contribution < -0.4 is 4.74 Å². The van der Waals surface area contributed by atoms with Crippen molar-refractivity contribution in [2.75, 3.05) is 6.61 Å². The van der Waals surface area contributed by atoms with E-state index in [0.29, 0.717) is 17.7 Å². The number of ether oxygens (including phenoxy) is 1. The van der Waals surface area contributed by atoms with Crippen LogP contribution in [0.5, 0.6) is 5.75 Å². The fourth-order valence-corrected chi connectivity index (χ4v) is 1.66. The monoisotopic (exact) mass is 241 g/mol. The summed E-state index contributed by atoms with van der Waals surface area (Å²) in [5, 5.41) is 0.489. The van der Waals surface area contributed by atoms with Crippen LogP contribution in [0.3, 0.4) is 0 Å². The van der Waals surface area contributed by atoms with Gasteiger partial charge in [-0.25, -0.2) is 4.98 Å². The van der Waals surface area contributed by atoms with Gasteiger partial charge in [0.1, 0.15) is 5.75 Å². The molecule has 90 valence electrons. The van der Waals surface area contributed by atoms with Crippen LogP contribution in [0.1, 0.15) is 12.6 Å². The number of benzene rings is 1. The standard InChI is InChI=1S/C12H10F3NO/c1-2-17-10-7-16-11(12(13,14)15)9-6-4-3-5-8(9)10/h3-7H,2H2,1H3. The van der Waals surface area contributed by atoms with Gasteiger partial charge in [0.05, 0.1) is 12.8 Å². The van der Waals surface area contributed by atoms with Crippen LogP contribution in [0.15, 0.2) is 30.5 Å². The molecule has 1 aromatic carbocycles. The number of aromatic nitrogens is 1. The van der Waals surface area contributed by atoms with E-state index < -0.39 is 11.9 Å². The first-order valence-electron chi connectivity index (χ1n) is 5.11. The van der Waals surface area contributed by atoms with E-state index in [1.54, 1.807) is 25.1 Å². The van der Waals surface area contributed by atoms with Gasteiger partial charge in [-0.15, -0.1) is 0 Å². The summed E-state index contributed by atoms with van der Waals surface area (Å²) < 4.78 is 43.5. The Labute approximate surface area is 96.0 Å². The highest BCUT2D eigenvalue weighted by Crippen LogP contribution is 2.36. The lowest BCUT2D eigenvalue weighted by Gasteiger charge is -2.12.